The average molecular weight is 198 g/mol. The van der Waals surface area contributed by atoms with Crippen molar-refractivity contribution in [1.82, 2.24) is 0 Å². The summed E-state index contributed by atoms with van der Waals surface area (Å²) in [5, 5.41) is 0.730. The van der Waals surface area contributed by atoms with E-state index in [-0.39, 0.29) is 6.04 Å². The average Bonchev–Trinajstić information content (AvgIpc) is 2.50. The van der Waals surface area contributed by atoms with Gasteiger partial charge >= 0.3 is 0 Å². The second-order valence-electron chi connectivity index (χ2n) is 3.29. The van der Waals surface area contributed by atoms with Crippen molar-refractivity contribution in [2.45, 2.75) is 18.9 Å². The third-order valence-corrected chi connectivity index (χ3v) is 2.98. The van der Waals surface area contributed by atoms with E-state index in [1.165, 1.54) is 5.56 Å². The summed E-state index contributed by atoms with van der Waals surface area (Å²) in [6, 6.07) is 4.04. The highest BCUT2D eigenvalue weighted by Crippen LogP contribution is 2.38. The summed E-state index contributed by atoms with van der Waals surface area (Å²) in [7, 11) is 1.63. The standard InChI is InChI=1S/C10H12ClNO/c1-13-9-5-3-6-7(10(9)11)2-4-8(6)12/h3,5,8H,2,4,12H2,1H3/t8-/m1/s1. The van der Waals surface area contributed by atoms with Crippen molar-refractivity contribution < 1.29 is 4.74 Å². The Bertz CT molecular complexity index is 338. The molecule has 0 aliphatic heterocycles. The third kappa shape index (κ3) is 1.30. The molecule has 1 aliphatic rings. The molecule has 0 bridgehead atoms. The molecule has 0 aromatic heterocycles. The van der Waals surface area contributed by atoms with E-state index in [1.54, 1.807) is 7.11 Å². The number of methoxy groups -OCH3 is 1. The molecule has 0 amide bonds. The van der Waals surface area contributed by atoms with E-state index in [4.69, 9.17) is 22.1 Å². The fraction of sp³-hybridized carbons (Fsp3) is 0.400. The first-order valence-electron chi connectivity index (χ1n) is 4.35. The predicted octanol–water partition coefficient (Wildman–Crippen LogP) is 2.29. The van der Waals surface area contributed by atoms with Gasteiger partial charge in [-0.2, -0.15) is 0 Å². The molecule has 2 N–H and O–H groups in total. The van der Waals surface area contributed by atoms with Gasteiger partial charge in [0.25, 0.3) is 0 Å². The van der Waals surface area contributed by atoms with Gasteiger partial charge in [0.05, 0.1) is 12.1 Å². The molecule has 0 unspecified atom stereocenters. The Labute approximate surface area is 82.6 Å². The van der Waals surface area contributed by atoms with Crippen molar-refractivity contribution in [1.29, 1.82) is 0 Å². The van der Waals surface area contributed by atoms with Gasteiger partial charge in [-0.25, -0.2) is 0 Å². The molecular weight excluding hydrogens is 186 g/mol. The summed E-state index contributed by atoms with van der Waals surface area (Å²) in [5.41, 5.74) is 8.24. The van der Waals surface area contributed by atoms with Crippen LogP contribution < -0.4 is 10.5 Å². The van der Waals surface area contributed by atoms with Crippen LogP contribution in [0.15, 0.2) is 12.1 Å². The zero-order valence-corrected chi connectivity index (χ0v) is 8.27. The molecule has 0 saturated heterocycles. The third-order valence-electron chi connectivity index (χ3n) is 2.57. The van der Waals surface area contributed by atoms with E-state index in [9.17, 15) is 0 Å². The highest BCUT2D eigenvalue weighted by molar-refractivity contribution is 6.33. The summed E-state index contributed by atoms with van der Waals surface area (Å²) >= 11 is 6.14. The first kappa shape index (κ1) is 8.85. The summed E-state index contributed by atoms with van der Waals surface area (Å²) in [5.74, 6) is 0.745. The highest BCUT2D eigenvalue weighted by atomic mass is 35.5. The van der Waals surface area contributed by atoms with Crippen molar-refractivity contribution in [2.24, 2.45) is 5.73 Å². The van der Waals surface area contributed by atoms with Gasteiger partial charge in [0, 0.05) is 6.04 Å². The summed E-state index contributed by atoms with van der Waals surface area (Å²) in [6.07, 6.45) is 1.95. The molecule has 70 valence electrons. The summed E-state index contributed by atoms with van der Waals surface area (Å²) in [6.45, 7) is 0. The van der Waals surface area contributed by atoms with Crippen LogP contribution in [0.1, 0.15) is 23.6 Å². The molecule has 2 rings (SSSR count). The van der Waals surface area contributed by atoms with E-state index in [0.717, 1.165) is 29.2 Å². The lowest BCUT2D eigenvalue weighted by Crippen LogP contribution is -2.05. The minimum absolute atomic E-state index is 0.151. The Morgan fingerprint density at radius 1 is 1.54 bits per heavy atom. The number of hydrogen-bond donors (Lipinski definition) is 1. The number of nitrogens with two attached hydrogens (primary N) is 1. The molecule has 0 fully saturated rings. The maximum absolute atomic E-state index is 6.14. The van der Waals surface area contributed by atoms with E-state index < -0.39 is 0 Å². The van der Waals surface area contributed by atoms with Crippen molar-refractivity contribution in [2.75, 3.05) is 7.11 Å². The molecule has 2 nitrogen and oxygen atoms in total. The normalized spacial score (nSPS) is 20.1. The van der Waals surface area contributed by atoms with Crippen molar-refractivity contribution in [3.05, 3.63) is 28.3 Å². The molecule has 1 aromatic carbocycles. The number of halogens is 1. The monoisotopic (exact) mass is 197 g/mol. The maximum Gasteiger partial charge on any atom is 0.137 e. The summed E-state index contributed by atoms with van der Waals surface area (Å²) < 4.78 is 5.13. The molecule has 0 heterocycles. The molecule has 0 radical (unpaired) electrons. The van der Waals surface area contributed by atoms with Gasteiger partial charge in [-0.15, -0.1) is 0 Å². The van der Waals surface area contributed by atoms with E-state index in [2.05, 4.69) is 0 Å². The first-order chi connectivity index (χ1) is 6.24. The van der Waals surface area contributed by atoms with Gasteiger partial charge in [-0.05, 0) is 30.0 Å². The lowest BCUT2D eigenvalue weighted by Gasteiger charge is -2.09. The zero-order valence-electron chi connectivity index (χ0n) is 7.51. The number of rotatable bonds is 1. The van der Waals surface area contributed by atoms with E-state index >= 15 is 0 Å². The number of fused-ring (bicyclic) bond motifs is 1. The Morgan fingerprint density at radius 3 is 3.00 bits per heavy atom. The molecule has 1 atom stereocenters. The van der Waals surface area contributed by atoms with Crippen LogP contribution in [0, 0.1) is 0 Å². The first-order valence-corrected chi connectivity index (χ1v) is 4.72. The molecule has 13 heavy (non-hydrogen) atoms. The number of ether oxygens (including phenoxy) is 1. The largest absolute Gasteiger partial charge is 0.495 e. The second-order valence-corrected chi connectivity index (χ2v) is 3.67. The molecule has 0 saturated carbocycles. The number of benzene rings is 1. The molecule has 0 spiro atoms. The fourth-order valence-electron chi connectivity index (χ4n) is 1.83. The second kappa shape index (κ2) is 3.20. The Kier molecular flexibility index (Phi) is 2.18. The summed E-state index contributed by atoms with van der Waals surface area (Å²) in [4.78, 5) is 0. The van der Waals surface area contributed by atoms with Crippen molar-refractivity contribution in [3.63, 3.8) is 0 Å². The zero-order chi connectivity index (χ0) is 9.42. The molecule has 1 aliphatic carbocycles. The Morgan fingerprint density at radius 2 is 2.31 bits per heavy atom. The van der Waals surface area contributed by atoms with Crippen LogP contribution in [0.5, 0.6) is 5.75 Å². The van der Waals surface area contributed by atoms with Crippen LogP contribution in [0.3, 0.4) is 0 Å². The van der Waals surface area contributed by atoms with Crippen LogP contribution >= 0.6 is 11.6 Å². The fourth-order valence-corrected chi connectivity index (χ4v) is 2.17. The van der Waals surface area contributed by atoms with Crippen LogP contribution in [0.25, 0.3) is 0 Å². The minimum atomic E-state index is 0.151. The predicted molar refractivity (Wildman–Crippen MR) is 53.3 cm³/mol. The van der Waals surface area contributed by atoms with Crippen LogP contribution in [0.2, 0.25) is 5.02 Å². The maximum atomic E-state index is 6.14. The van der Waals surface area contributed by atoms with E-state index in [0.29, 0.717) is 0 Å². The van der Waals surface area contributed by atoms with Gasteiger partial charge < -0.3 is 10.5 Å². The lowest BCUT2D eigenvalue weighted by molar-refractivity contribution is 0.414. The Hall–Kier alpha value is -0.730. The Balaban J connectivity index is 2.54. The van der Waals surface area contributed by atoms with Gasteiger partial charge in [0.15, 0.2) is 0 Å². The van der Waals surface area contributed by atoms with Crippen molar-refractivity contribution in [3.8, 4) is 5.75 Å². The molecular formula is C10H12ClNO. The van der Waals surface area contributed by atoms with Gasteiger partial charge in [-0.1, -0.05) is 17.7 Å². The lowest BCUT2D eigenvalue weighted by atomic mass is 10.1. The minimum Gasteiger partial charge on any atom is -0.495 e. The van der Waals surface area contributed by atoms with E-state index in [1.807, 2.05) is 12.1 Å². The molecule has 1 aromatic rings. The van der Waals surface area contributed by atoms with Gasteiger partial charge in [-0.3, -0.25) is 0 Å². The van der Waals surface area contributed by atoms with Crippen LogP contribution in [-0.2, 0) is 6.42 Å². The SMILES string of the molecule is COc1ccc2c(c1Cl)CC[C@H]2N. The topological polar surface area (TPSA) is 35.2 Å². The number of hydrogen-bond acceptors (Lipinski definition) is 2. The molecule has 3 heteroatoms. The smallest absolute Gasteiger partial charge is 0.137 e. The van der Waals surface area contributed by atoms with Crippen molar-refractivity contribution >= 4 is 11.6 Å². The van der Waals surface area contributed by atoms with Gasteiger partial charge in [0.1, 0.15) is 5.75 Å². The highest BCUT2D eigenvalue weighted by Gasteiger charge is 2.22. The van der Waals surface area contributed by atoms with Gasteiger partial charge in [0.2, 0.25) is 0 Å². The van der Waals surface area contributed by atoms with Crippen LogP contribution in [-0.4, -0.2) is 7.11 Å². The quantitative estimate of drug-likeness (QED) is 0.750. The van der Waals surface area contributed by atoms with Crippen LogP contribution in [0.4, 0.5) is 0 Å².